The van der Waals surface area contributed by atoms with Crippen LogP contribution in [0.15, 0.2) is 34.1 Å². The Hall–Kier alpha value is -0.910. The molecule has 0 bridgehead atoms. The lowest BCUT2D eigenvalue weighted by atomic mass is 10.2. The number of halogens is 1. The Labute approximate surface area is 131 Å². The number of thiocarbonyl (C=S) groups is 1. The van der Waals surface area contributed by atoms with E-state index in [0.717, 1.165) is 28.7 Å². The molecule has 2 nitrogen and oxygen atoms in total. The Morgan fingerprint density at radius 1 is 1.42 bits per heavy atom. The van der Waals surface area contributed by atoms with Crippen molar-refractivity contribution in [1.29, 1.82) is 0 Å². The van der Waals surface area contributed by atoms with E-state index in [4.69, 9.17) is 18.0 Å². The van der Waals surface area contributed by atoms with Crippen molar-refractivity contribution in [3.8, 4) is 0 Å². The zero-order chi connectivity index (χ0) is 13.8. The molecule has 0 saturated carbocycles. The van der Waals surface area contributed by atoms with Crippen molar-refractivity contribution in [3.05, 3.63) is 50.1 Å². The fourth-order valence-corrected chi connectivity index (χ4v) is 3.39. The summed E-state index contributed by atoms with van der Waals surface area (Å²) in [5.74, 6) is 0. The number of anilines is 1. The maximum atomic E-state index is 5.61. The SMILES string of the molecule is CCc1ccsc1CNc1ccc(C(N)=S)cc1Br. The third-order valence-electron chi connectivity index (χ3n) is 2.91. The lowest BCUT2D eigenvalue weighted by molar-refractivity contribution is 1.08. The minimum atomic E-state index is 0.416. The lowest BCUT2D eigenvalue weighted by Gasteiger charge is -2.10. The Morgan fingerprint density at radius 2 is 2.21 bits per heavy atom. The van der Waals surface area contributed by atoms with Crippen LogP contribution in [-0.4, -0.2) is 4.99 Å². The van der Waals surface area contributed by atoms with E-state index in [1.165, 1.54) is 10.4 Å². The lowest BCUT2D eigenvalue weighted by Crippen LogP contribution is -2.09. The summed E-state index contributed by atoms with van der Waals surface area (Å²) in [4.78, 5) is 1.80. The fraction of sp³-hybridized carbons (Fsp3) is 0.214. The molecule has 0 amide bonds. The Balaban J connectivity index is 2.10. The van der Waals surface area contributed by atoms with E-state index < -0.39 is 0 Å². The van der Waals surface area contributed by atoms with Crippen molar-refractivity contribution < 1.29 is 0 Å². The van der Waals surface area contributed by atoms with Crippen LogP contribution in [0.1, 0.15) is 22.9 Å². The molecule has 2 rings (SSSR count). The quantitative estimate of drug-likeness (QED) is 0.785. The monoisotopic (exact) mass is 354 g/mol. The van der Waals surface area contributed by atoms with Gasteiger partial charge in [0.25, 0.3) is 0 Å². The normalized spacial score (nSPS) is 10.4. The zero-order valence-electron chi connectivity index (χ0n) is 10.6. The molecule has 0 spiro atoms. The number of rotatable bonds is 5. The Bertz CT molecular complexity index is 593. The summed E-state index contributed by atoms with van der Waals surface area (Å²) >= 11 is 10.3. The summed E-state index contributed by atoms with van der Waals surface area (Å²) in [6, 6.07) is 8.06. The van der Waals surface area contributed by atoms with Gasteiger partial charge in [-0.2, -0.15) is 0 Å². The third-order valence-corrected chi connectivity index (χ3v) is 4.77. The van der Waals surface area contributed by atoms with Crippen LogP contribution < -0.4 is 11.1 Å². The highest BCUT2D eigenvalue weighted by molar-refractivity contribution is 9.10. The summed E-state index contributed by atoms with van der Waals surface area (Å²) < 4.78 is 0.979. The molecule has 0 aliphatic carbocycles. The van der Waals surface area contributed by atoms with E-state index in [1.54, 1.807) is 11.3 Å². The van der Waals surface area contributed by atoms with Crippen molar-refractivity contribution >= 4 is 50.2 Å². The van der Waals surface area contributed by atoms with Gasteiger partial charge in [0.15, 0.2) is 0 Å². The van der Waals surface area contributed by atoms with Crippen LogP contribution >= 0.6 is 39.5 Å². The first-order valence-electron chi connectivity index (χ1n) is 6.00. The van der Waals surface area contributed by atoms with Gasteiger partial charge in [0.2, 0.25) is 0 Å². The second-order valence-corrected chi connectivity index (χ2v) is 6.43. The van der Waals surface area contributed by atoms with Gasteiger partial charge in [0, 0.05) is 27.1 Å². The van der Waals surface area contributed by atoms with Crippen LogP contribution in [0.3, 0.4) is 0 Å². The van der Waals surface area contributed by atoms with Crippen molar-refractivity contribution in [2.75, 3.05) is 5.32 Å². The summed E-state index contributed by atoms with van der Waals surface area (Å²) in [7, 11) is 0. The second-order valence-electron chi connectivity index (χ2n) is 4.13. The minimum Gasteiger partial charge on any atom is -0.389 e. The molecule has 3 N–H and O–H groups in total. The van der Waals surface area contributed by atoms with Gasteiger partial charge in [0.1, 0.15) is 4.99 Å². The van der Waals surface area contributed by atoms with E-state index in [1.807, 2.05) is 18.2 Å². The number of hydrogen-bond donors (Lipinski definition) is 2. The van der Waals surface area contributed by atoms with Gasteiger partial charge in [-0.25, -0.2) is 0 Å². The molecule has 0 saturated heterocycles. The Kier molecular flexibility index (Phi) is 4.96. The van der Waals surface area contributed by atoms with Gasteiger partial charge in [-0.1, -0.05) is 19.1 Å². The largest absolute Gasteiger partial charge is 0.389 e. The van der Waals surface area contributed by atoms with Crippen LogP contribution in [0.2, 0.25) is 0 Å². The molecular weight excluding hydrogens is 340 g/mol. The van der Waals surface area contributed by atoms with Gasteiger partial charge in [-0.15, -0.1) is 11.3 Å². The van der Waals surface area contributed by atoms with Crippen molar-refractivity contribution in [1.82, 2.24) is 0 Å². The number of thiophene rings is 1. The van der Waals surface area contributed by atoms with Gasteiger partial charge < -0.3 is 11.1 Å². The first-order valence-corrected chi connectivity index (χ1v) is 8.08. The maximum absolute atomic E-state index is 5.61. The molecule has 0 aliphatic heterocycles. The predicted molar refractivity (Wildman–Crippen MR) is 91.1 cm³/mol. The zero-order valence-corrected chi connectivity index (χ0v) is 13.8. The molecule has 0 unspecified atom stereocenters. The van der Waals surface area contributed by atoms with Gasteiger partial charge in [-0.3, -0.25) is 0 Å². The molecule has 1 aromatic carbocycles. The second kappa shape index (κ2) is 6.50. The minimum absolute atomic E-state index is 0.416. The molecule has 0 aliphatic rings. The number of nitrogens with one attached hydrogen (secondary N) is 1. The number of hydrogen-bond acceptors (Lipinski definition) is 3. The summed E-state index contributed by atoms with van der Waals surface area (Å²) in [5, 5.41) is 5.58. The third kappa shape index (κ3) is 3.55. The van der Waals surface area contributed by atoms with Crippen molar-refractivity contribution in [3.63, 3.8) is 0 Å². The molecule has 0 radical (unpaired) electrons. The summed E-state index contributed by atoms with van der Waals surface area (Å²) in [5.41, 5.74) is 8.95. The van der Waals surface area contributed by atoms with Crippen LogP contribution in [0.25, 0.3) is 0 Å². The first-order chi connectivity index (χ1) is 9.11. The molecule has 2 aromatic rings. The van der Waals surface area contributed by atoms with Gasteiger partial charge in [-0.05, 0) is 57.6 Å². The number of aryl methyl sites for hydroxylation is 1. The molecule has 100 valence electrons. The van der Waals surface area contributed by atoms with E-state index in [9.17, 15) is 0 Å². The van der Waals surface area contributed by atoms with E-state index >= 15 is 0 Å². The molecule has 0 fully saturated rings. The fourth-order valence-electron chi connectivity index (χ4n) is 1.82. The molecule has 0 atom stereocenters. The standard InChI is InChI=1S/C14H15BrN2S2/c1-2-9-5-6-19-13(9)8-17-12-4-3-10(14(16)18)7-11(12)15/h3-7,17H,2,8H2,1H3,(H2,16,18). The summed E-state index contributed by atoms with van der Waals surface area (Å²) in [6.45, 7) is 3.02. The average molecular weight is 355 g/mol. The van der Waals surface area contributed by atoms with Crippen LogP contribution in [0.5, 0.6) is 0 Å². The van der Waals surface area contributed by atoms with Gasteiger partial charge in [0.05, 0.1) is 0 Å². The predicted octanol–water partition coefficient (Wildman–Crippen LogP) is 4.32. The summed E-state index contributed by atoms with van der Waals surface area (Å²) in [6.07, 6.45) is 1.07. The van der Waals surface area contributed by atoms with E-state index in [0.29, 0.717) is 4.99 Å². The number of benzene rings is 1. The van der Waals surface area contributed by atoms with Crippen LogP contribution in [-0.2, 0) is 13.0 Å². The first kappa shape index (κ1) is 14.5. The smallest absolute Gasteiger partial charge is 0.104 e. The molecule has 1 heterocycles. The Morgan fingerprint density at radius 3 is 2.84 bits per heavy atom. The highest BCUT2D eigenvalue weighted by Crippen LogP contribution is 2.26. The molecule has 19 heavy (non-hydrogen) atoms. The maximum Gasteiger partial charge on any atom is 0.104 e. The molecule has 5 heteroatoms. The topological polar surface area (TPSA) is 38.0 Å². The molecule has 1 aromatic heterocycles. The van der Waals surface area contributed by atoms with E-state index in [2.05, 4.69) is 39.6 Å². The van der Waals surface area contributed by atoms with E-state index in [-0.39, 0.29) is 0 Å². The van der Waals surface area contributed by atoms with Gasteiger partial charge >= 0.3 is 0 Å². The highest BCUT2D eigenvalue weighted by Gasteiger charge is 2.05. The number of nitrogens with two attached hydrogens (primary N) is 1. The highest BCUT2D eigenvalue weighted by atomic mass is 79.9. The van der Waals surface area contributed by atoms with Crippen molar-refractivity contribution in [2.24, 2.45) is 5.73 Å². The van der Waals surface area contributed by atoms with Crippen molar-refractivity contribution in [2.45, 2.75) is 19.9 Å². The van der Waals surface area contributed by atoms with Crippen LogP contribution in [0.4, 0.5) is 5.69 Å². The van der Waals surface area contributed by atoms with Crippen LogP contribution in [0, 0.1) is 0 Å². The average Bonchev–Trinajstić information content (AvgIpc) is 2.84. The molecular formula is C14H15BrN2S2.